The van der Waals surface area contributed by atoms with E-state index in [2.05, 4.69) is 21.8 Å². The van der Waals surface area contributed by atoms with E-state index in [1.165, 1.54) is 11.1 Å². The largest absolute Gasteiger partial charge is 0.481 e. The van der Waals surface area contributed by atoms with E-state index < -0.39 is 24.1 Å². The number of methoxy groups -OCH3 is 1. The van der Waals surface area contributed by atoms with Gasteiger partial charge in [0.15, 0.2) is 0 Å². The van der Waals surface area contributed by atoms with Crippen LogP contribution < -0.4 is 19.3 Å². The molecule has 2 aromatic rings. The SMILES string of the molecule is COc1cc(N2CCC(Oc3ccc(N4C[C@H](C(F)(F)F)C[C@@H]4CC(=O)O)cn3)C(C)C2)c(Cl)cn1. The molecule has 36 heavy (non-hydrogen) atoms. The molecule has 0 saturated carbocycles. The summed E-state index contributed by atoms with van der Waals surface area (Å²) in [7, 11) is 1.55. The van der Waals surface area contributed by atoms with E-state index >= 15 is 0 Å². The smallest absolute Gasteiger partial charge is 0.393 e. The molecule has 0 aliphatic carbocycles. The first-order valence-corrected chi connectivity index (χ1v) is 12.0. The number of carbonyl (C=O) groups is 1. The first-order valence-electron chi connectivity index (χ1n) is 11.7. The van der Waals surface area contributed by atoms with Crippen LogP contribution in [-0.4, -0.2) is 66.1 Å². The molecule has 2 fully saturated rings. The van der Waals surface area contributed by atoms with Crippen LogP contribution >= 0.6 is 11.6 Å². The molecule has 0 spiro atoms. The monoisotopic (exact) mass is 528 g/mol. The summed E-state index contributed by atoms with van der Waals surface area (Å²) in [6, 6.07) is 4.32. The minimum Gasteiger partial charge on any atom is -0.481 e. The van der Waals surface area contributed by atoms with Crippen molar-refractivity contribution in [2.75, 3.05) is 36.5 Å². The van der Waals surface area contributed by atoms with Gasteiger partial charge >= 0.3 is 12.1 Å². The summed E-state index contributed by atoms with van der Waals surface area (Å²) in [4.78, 5) is 23.3. The average Bonchev–Trinajstić information content (AvgIpc) is 3.25. The third-order valence-electron chi connectivity index (χ3n) is 6.80. The van der Waals surface area contributed by atoms with E-state index in [0.717, 1.165) is 5.69 Å². The number of halogens is 4. The Morgan fingerprint density at radius 2 is 1.97 bits per heavy atom. The molecule has 2 saturated heterocycles. The third kappa shape index (κ3) is 5.88. The second-order valence-electron chi connectivity index (χ2n) is 9.28. The zero-order chi connectivity index (χ0) is 26.0. The quantitative estimate of drug-likeness (QED) is 0.555. The van der Waals surface area contributed by atoms with Crippen LogP contribution in [0.1, 0.15) is 26.2 Å². The molecule has 4 atom stereocenters. The minimum absolute atomic E-state index is 0.108. The lowest BCUT2D eigenvalue weighted by atomic mass is 9.96. The maximum atomic E-state index is 13.3. The van der Waals surface area contributed by atoms with Gasteiger partial charge in [-0.25, -0.2) is 9.97 Å². The van der Waals surface area contributed by atoms with Gasteiger partial charge in [0.1, 0.15) is 6.10 Å². The van der Waals surface area contributed by atoms with Crippen molar-refractivity contribution in [3.05, 3.63) is 35.6 Å². The van der Waals surface area contributed by atoms with Gasteiger partial charge in [-0.1, -0.05) is 18.5 Å². The van der Waals surface area contributed by atoms with E-state index in [1.54, 1.807) is 31.5 Å². The Hall–Kier alpha value is -2.95. The molecule has 196 valence electrons. The second-order valence-corrected chi connectivity index (χ2v) is 9.69. The number of anilines is 2. The van der Waals surface area contributed by atoms with E-state index in [9.17, 15) is 18.0 Å². The maximum Gasteiger partial charge on any atom is 0.393 e. The number of hydrogen-bond donors (Lipinski definition) is 1. The molecule has 4 rings (SSSR count). The van der Waals surface area contributed by atoms with Gasteiger partial charge in [0.25, 0.3) is 0 Å². The molecule has 8 nitrogen and oxygen atoms in total. The molecule has 1 N–H and O–H groups in total. The number of carboxylic acids is 1. The van der Waals surface area contributed by atoms with Crippen molar-refractivity contribution >= 4 is 28.9 Å². The van der Waals surface area contributed by atoms with Crippen LogP contribution in [0.3, 0.4) is 0 Å². The van der Waals surface area contributed by atoms with Gasteiger partial charge in [0, 0.05) is 50.1 Å². The Morgan fingerprint density at radius 1 is 1.22 bits per heavy atom. The number of pyridine rings is 2. The van der Waals surface area contributed by atoms with E-state index in [4.69, 9.17) is 26.2 Å². The molecule has 0 bridgehead atoms. The highest BCUT2D eigenvalue weighted by atomic mass is 35.5. The number of aliphatic carboxylic acids is 1. The van der Waals surface area contributed by atoms with Crippen LogP contribution in [0.25, 0.3) is 0 Å². The van der Waals surface area contributed by atoms with Gasteiger partial charge in [-0.3, -0.25) is 4.79 Å². The minimum atomic E-state index is -4.38. The number of carboxylic acid groups (broad SMARTS) is 1. The Kier molecular flexibility index (Phi) is 7.67. The zero-order valence-corrected chi connectivity index (χ0v) is 20.7. The third-order valence-corrected chi connectivity index (χ3v) is 7.09. The molecule has 4 heterocycles. The zero-order valence-electron chi connectivity index (χ0n) is 19.9. The maximum absolute atomic E-state index is 13.3. The Labute approximate surface area is 212 Å². The van der Waals surface area contributed by atoms with Gasteiger partial charge in [0.05, 0.1) is 48.2 Å². The fraction of sp³-hybridized carbons (Fsp3) is 0.542. The fourth-order valence-corrected chi connectivity index (χ4v) is 5.14. The van der Waals surface area contributed by atoms with Crippen molar-refractivity contribution in [2.45, 2.75) is 44.5 Å². The first-order chi connectivity index (χ1) is 17.0. The number of aromatic nitrogens is 2. The van der Waals surface area contributed by atoms with Crippen molar-refractivity contribution < 1.29 is 32.5 Å². The number of alkyl halides is 3. The molecule has 0 radical (unpaired) electrons. The van der Waals surface area contributed by atoms with E-state index in [0.29, 0.717) is 42.0 Å². The summed E-state index contributed by atoms with van der Waals surface area (Å²) in [5.74, 6) is -1.71. The Bertz CT molecular complexity index is 1070. The Balaban J connectivity index is 1.40. The number of ether oxygens (including phenoxy) is 2. The van der Waals surface area contributed by atoms with E-state index in [1.807, 2.05) is 0 Å². The normalized spacial score (nSPS) is 24.6. The van der Waals surface area contributed by atoms with Gasteiger partial charge in [-0.2, -0.15) is 13.2 Å². The highest BCUT2D eigenvalue weighted by Gasteiger charge is 2.48. The fourth-order valence-electron chi connectivity index (χ4n) is 4.91. The van der Waals surface area contributed by atoms with Crippen molar-refractivity contribution in [3.63, 3.8) is 0 Å². The molecular weight excluding hydrogens is 501 g/mol. The lowest BCUT2D eigenvalue weighted by molar-refractivity contribution is -0.169. The predicted molar refractivity (Wildman–Crippen MR) is 128 cm³/mol. The first kappa shape index (κ1) is 26.1. The summed E-state index contributed by atoms with van der Waals surface area (Å²) in [5.41, 5.74) is 1.29. The summed E-state index contributed by atoms with van der Waals surface area (Å²) in [5, 5.41) is 9.69. The molecule has 0 aromatic carbocycles. The van der Waals surface area contributed by atoms with Crippen LogP contribution in [0.15, 0.2) is 30.6 Å². The number of piperidine rings is 1. The number of hydrogen-bond acceptors (Lipinski definition) is 7. The van der Waals surface area contributed by atoms with Crippen LogP contribution in [0.4, 0.5) is 24.5 Å². The van der Waals surface area contributed by atoms with Crippen molar-refractivity contribution in [3.8, 4) is 11.8 Å². The van der Waals surface area contributed by atoms with Crippen LogP contribution in [0, 0.1) is 11.8 Å². The van der Waals surface area contributed by atoms with Crippen LogP contribution in [0.5, 0.6) is 11.8 Å². The Morgan fingerprint density at radius 3 is 2.58 bits per heavy atom. The summed E-state index contributed by atoms with van der Waals surface area (Å²) >= 11 is 6.34. The van der Waals surface area contributed by atoms with Crippen molar-refractivity contribution in [2.24, 2.45) is 11.8 Å². The van der Waals surface area contributed by atoms with Crippen molar-refractivity contribution in [1.29, 1.82) is 0 Å². The highest BCUT2D eigenvalue weighted by molar-refractivity contribution is 6.33. The molecular formula is C24H28ClF3N4O4. The van der Waals surface area contributed by atoms with Gasteiger partial charge < -0.3 is 24.4 Å². The molecule has 2 aliphatic heterocycles. The van der Waals surface area contributed by atoms with Gasteiger partial charge in [-0.15, -0.1) is 0 Å². The van der Waals surface area contributed by atoms with Gasteiger partial charge in [-0.05, 0) is 12.5 Å². The highest BCUT2D eigenvalue weighted by Crippen LogP contribution is 2.40. The topological polar surface area (TPSA) is 88.0 Å². The lowest BCUT2D eigenvalue weighted by Crippen LogP contribution is -2.44. The number of nitrogens with zero attached hydrogens (tertiary/aromatic N) is 4. The molecule has 2 aromatic heterocycles. The second kappa shape index (κ2) is 10.6. The summed E-state index contributed by atoms with van der Waals surface area (Å²) in [6.07, 6.45) is -1.38. The van der Waals surface area contributed by atoms with Crippen LogP contribution in [0.2, 0.25) is 5.02 Å². The van der Waals surface area contributed by atoms with Gasteiger partial charge in [0.2, 0.25) is 11.8 Å². The average molecular weight is 529 g/mol. The van der Waals surface area contributed by atoms with E-state index in [-0.39, 0.29) is 31.4 Å². The standard InChI is InChI=1S/C24H28ClF3N4O4/c1-14-12-31(19-9-22(35-2)30-11-18(19)25)6-5-20(14)36-21-4-3-16(10-29-21)32-13-15(24(26,27)28)7-17(32)8-23(33)34/h3-4,9-11,14-15,17,20H,5-8,12-13H2,1-2H3,(H,33,34)/t14?,15-,17-,20?/m1/s1. The molecule has 2 unspecified atom stereocenters. The molecule has 2 aliphatic rings. The summed E-state index contributed by atoms with van der Waals surface area (Å²) in [6.45, 7) is 3.17. The van der Waals surface area contributed by atoms with Crippen LogP contribution in [-0.2, 0) is 4.79 Å². The predicted octanol–water partition coefficient (Wildman–Crippen LogP) is 4.66. The molecule has 12 heteroatoms. The molecule has 0 amide bonds. The van der Waals surface area contributed by atoms with Crippen molar-refractivity contribution in [1.82, 2.24) is 9.97 Å². The lowest BCUT2D eigenvalue weighted by Gasteiger charge is -2.38. The number of rotatable bonds is 7. The summed E-state index contributed by atoms with van der Waals surface area (Å²) < 4.78 is 51.2.